The second-order valence-corrected chi connectivity index (χ2v) is 3.91. The van der Waals surface area contributed by atoms with Gasteiger partial charge in [-0.25, -0.2) is 0 Å². The van der Waals surface area contributed by atoms with E-state index >= 15 is 0 Å². The van der Waals surface area contributed by atoms with E-state index in [9.17, 15) is 0 Å². The Morgan fingerprint density at radius 2 is 1.62 bits per heavy atom. The molecule has 0 radical (unpaired) electrons. The predicted molar refractivity (Wildman–Crippen MR) is 67.3 cm³/mol. The highest BCUT2D eigenvalue weighted by atomic mass is 14.9. The van der Waals surface area contributed by atoms with Crippen molar-refractivity contribution in [2.24, 2.45) is 9.98 Å². The minimum Gasteiger partial charge on any atom is -0.281 e. The average Bonchev–Trinajstić information content (AvgIpc) is 2.39. The molecule has 1 aliphatic carbocycles. The van der Waals surface area contributed by atoms with Crippen LogP contribution < -0.4 is 0 Å². The predicted octanol–water partition coefficient (Wildman–Crippen LogP) is 2.42. The Bertz CT molecular complexity index is 495. The van der Waals surface area contributed by atoms with Crippen LogP contribution in [0.4, 0.5) is 0 Å². The smallest absolute Gasteiger partial charge is 0.0950 e. The summed E-state index contributed by atoms with van der Waals surface area (Å²) in [6, 6.07) is 10.5. The Hall–Kier alpha value is -1.96. The minimum absolute atomic E-state index is 0.171. The number of hydrogen-bond donors (Lipinski definition) is 0. The average molecular weight is 208 g/mol. The van der Waals surface area contributed by atoms with E-state index in [-0.39, 0.29) is 12.1 Å². The van der Waals surface area contributed by atoms with Crippen molar-refractivity contribution in [2.45, 2.75) is 12.1 Å². The van der Waals surface area contributed by atoms with Gasteiger partial charge in [-0.3, -0.25) is 9.98 Å². The van der Waals surface area contributed by atoms with E-state index in [0.29, 0.717) is 0 Å². The largest absolute Gasteiger partial charge is 0.281 e. The van der Waals surface area contributed by atoms with Crippen molar-refractivity contribution in [3.8, 4) is 0 Å². The Labute approximate surface area is 94.8 Å². The molecule has 0 spiro atoms. The zero-order valence-corrected chi connectivity index (χ0v) is 8.82. The third-order valence-corrected chi connectivity index (χ3v) is 2.80. The maximum atomic E-state index is 4.70. The number of hydrogen-bond acceptors (Lipinski definition) is 2. The van der Waals surface area contributed by atoms with Crippen LogP contribution >= 0.6 is 0 Å². The normalized spacial score (nSPS) is 26.4. The van der Waals surface area contributed by atoms with Gasteiger partial charge in [-0.15, -0.1) is 0 Å². The van der Waals surface area contributed by atoms with Gasteiger partial charge >= 0.3 is 0 Å². The van der Waals surface area contributed by atoms with Gasteiger partial charge in [0.05, 0.1) is 17.8 Å². The molecule has 0 aromatic heterocycles. The number of allylic oxidation sites excluding steroid dienone is 2. The molecule has 0 saturated heterocycles. The zero-order valence-electron chi connectivity index (χ0n) is 8.82. The summed E-state index contributed by atoms with van der Waals surface area (Å²) in [5.41, 5.74) is 2.11. The second-order valence-electron chi connectivity index (χ2n) is 3.91. The molecule has 78 valence electrons. The highest BCUT2D eigenvalue weighted by molar-refractivity contribution is 6.38. The van der Waals surface area contributed by atoms with Gasteiger partial charge in [-0.05, 0) is 0 Å². The van der Waals surface area contributed by atoms with Crippen molar-refractivity contribution in [1.82, 2.24) is 0 Å². The minimum atomic E-state index is 0.171. The molecule has 0 amide bonds. The molecule has 3 rings (SSSR count). The number of nitrogens with zero attached hydrogens (tertiary/aromatic N) is 2. The molecule has 0 fully saturated rings. The van der Waals surface area contributed by atoms with Crippen LogP contribution in [-0.2, 0) is 0 Å². The van der Waals surface area contributed by atoms with Crippen molar-refractivity contribution in [3.05, 3.63) is 60.2 Å². The Morgan fingerprint density at radius 1 is 0.875 bits per heavy atom. The summed E-state index contributed by atoms with van der Waals surface area (Å²) in [7, 11) is 0. The van der Waals surface area contributed by atoms with Crippen LogP contribution in [0.25, 0.3) is 0 Å². The van der Waals surface area contributed by atoms with Gasteiger partial charge in [0.25, 0.3) is 0 Å². The lowest BCUT2D eigenvalue weighted by Crippen LogP contribution is -2.27. The maximum Gasteiger partial charge on any atom is 0.0950 e. The summed E-state index contributed by atoms with van der Waals surface area (Å²) in [5, 5.41) is 0. The van der Waals surface area contributed by atoms with Gasteiger partial charge in [0.1, 0.15) is 0 Å². The summed E-state index contributed by atoms with van der Waals surface area (Å²) in [4.78, 5) is 9.22. The summed E-state index contributed by atoms with van der Waals surface area (Å²) < 4.78 is 0. The number of rotatable bonds is 1. The molecule has 16 heavy (non-hydrogen) atoms. The first kappa shape index (κ1) is 9.28. The van der Waals surface area contributed by atoms with Crippen LogP contribution in [0, 0.1) is 0 Å². The van der Waals surface area contributed by atoms with E-state index in [1.165, 1.54) is 0 Å². The fourth-order valence-electron chi connectivity index (χ4n) is 1.95. The van der Waals surface area contributed by atoms with E-state index < -0.39 is 0 Å². The summed E-state index contributed by atoms with van der Waals surface area (Å²) in [5.74, 6) is 0. The molecule has 2 unspecified atom stereocenters. The first-order valence-electron chi connectivity index (χ1n) is 5.45. The van der Waals surface area contributed by atoms with Gasteiger partial charge in [-0.2, -0.15) is 0 Å². The van der Waals surface area contributed by atoms with Crippen molar-refractivity contribution in [3.63, 3.8) is 0 Å². The van der Waals surface area contributed by atoms with Gasteiger partial charge in [0, 0.05) is 11.8 Å². The van der Waals surface area contributed by atoms with Crippen molar-refractivity contribution in [1.29, 1.82) is 0 Å². The molecular formula is C14H12N2. The highest BCUT2D eigenvalue weighted by Crippen LogP contribution is 2.17. The monoisotopic (exact) mass is 208 g/mol. The van der Waals surface area contributed by atoms with E-state index in [0.717, 1.165) is 11.3 Å². The lowest BCUT2D eigenvalue weighted by molar-refractivity contribution is 0.700. The van der Waals surface area contributed by atoms with E-state index in [1.807, 2.05) is 36.6 Å². The molecule has 2 heteroatoms. The topological polar surface area (TPSA) is 24.7 Å². The first-order valence-corrected chi connectivity index (χ1v) is 5.45. The lowest BCUT2D eigenvalue weighted by atomic mass is 10.0. The molecule has 0 bridgehead atoms. The molecule has 1 aromatic carbocycles. The van der Waals surface area contributed by atoms with Crippen molar-refractivity contribution < 1.29 is 0 Å². The van der Waals surface area contributed by atoms with Gasteiger partial charge < -0.3 is 0 Å². The molecule has 1 aromatic rings. The van der Waals surface area contributed by atoms with Crippen LogP contribution in [0.2, 0.25) is 0 Å². The lowest BCUT2D eigenvalue weighted by Gasteiger charge is -2.21. The molecule has 1 heterocycles. The Morgan fingerprint density at radius 3 is 2.44 bits per heavy atom. The van der Waals surface area contributed by atoms with Gasteiger partial charge in [0.2, 0.25) is 0 Å². The standard InChI is InChI=1S/C14H12N2/c1-2-6-11(7-3-1)14-10-15-12-8-4-5-9-13(12)16-14/h1-10,12-13H. The summed E-state index contributed by atoms with van der Waals surface area (Å²) in [6.45, 7) is 0. The quantitative estimate of drug-likeness (QED) is 0.677. The van der Waals surface area contributed by atoms with E-state index in [2.05, 4.69) is 29.3 Å². The molecule has 2 atom stereocenters. The molecule has 0 saturated carbocycles. The number of benzene rings is 1. The Kier molecular flexibility index (Phi) is 2.26. The summed E-state index contributed by atoms with van der Waals surface area (Å²) >= 11 is 0. The van der Waals surface area contributed by atoms with Crippen LogP contribution in [0.15, 0.2) is 64.6 Å². The fourth-order valence-corrected chi connectivity index (χ4v) is 1.95. The molecule has 2 nitrogen and oxygen atoms in total. The third kappa shape index (κ3) is 1.63. The summed E-state index contributed by atoms with van der Waals surface area (Å²) in [6.07, 6.45) is 10.1. The van der Waals surface area contributed by atoms with Gasteiger partial charge in [0.15, 0.2) is 0 Å². The van der Waals surface area contributed by atoms with Crippen molar-refractivity contribution >= 4 is 11.9 Å². The highest BCUT2D eigenvalue weighted by Gasteiger charge is 2.20. The first-order chi connectivity index (χ1) is 7.93. The van der Waals surface area contributed by atoms with E-state index in [4.69, 9.17) is 4.99 Å². The van der Waals surface area contributed by atoms with Crippen LogP contribution in [0.3, 0.4) is 0 Å². The van der Waals surface area contributed by atoms with Gasteiger partial charge in [-0.1, -0.05) is 54.6 Å². The van der Waals surface area contributed by atoms with Crippen LogP contribution in [0.5, 0.6) is 0 Å². The third-order valence-electron chi connectivity index (χ3n) is 2.80. The fraction of sp³-hybridized carbons (Fsp3) is 0.143. The van der Waals surface area contributed by atoms with Crippen molar-refractivity contribution in [2.75, 3.05) is 0 Å². The van der Waals surface area contributed by atoms with E-state index in [1.54, 1.807) is 0 Å². The molecule has 2 aliphatic rings. The molecule has 1 aliphatic heterocycles. The Balaban J connectivity index is 1.94. The van der Waals surface area contributed by atoms with Crippen LogP contribution in [0.1, 0.15) is 5.56 Å². The molecule has 0 N–H and O–H groups in total. The maximum absolute atomic E-state index is 4.70. The number of aliphatic imine (C=N–C) groups is 2. The van der Waals surface area contributed by atoms with Crippen LogP contribution in [-0.4, -0.2) is 24.0 Å². The zero-order chi connectivity index (χ0) is 10.8. The molecular weight excluding hydrogens is 196 g/mol. The SMILES string of the molecule is C1=CC2N=CC(c3ccccc3)=NC2C=C1. The second kappa shape index (κ2) is 3.89. The number of fused-ring (bicyclic) bond motifs is 1.